The van der Waals surface area contributed by atoms with E-state index in [1.807, 2.05) is 30.3 Å². The van der Waals surface area contributed by atoms with E-state index in [9.17, 15) is 9.59 Å². The van der Waals surface area contributed by atoms with E-state index in [2.05, 4.69) is 63.4 Å². The minimum absolute atomic E-state index is 0.00571. The summed E-state index contributed by atoms with van der Waals surface area (Å²) < 4.78 is 24.0. The average molecular weight is 705 g/mol. The zero-order chi connectivity index (χ0) is 36.4. The maximum atomic E-state index is 13.4. The fraction of sp³-hybridized carbons (Fsp3) is 0.513. The predicted octanol–water partition coefficient (Wildman–Crippen LogP) is 7.21. The summed E-state index contributed by atoms with van der Waals surface area (Å²) in [7, 11) is 5.16. The Bertz CT molecular complexity index is 1680. The number of nitrogens with zero attached hydrogens (tertiary/aromatic N) is 4. The maximum absolute atomic E-state index is 13.4. The molecule has 0 aromatic heterocycles. The molecule has 2 aromatic rings. The number of ether oxygens (including phenoxy) is 4. The number of carbonyl (C=O) groups is 2. The van der Waals surface area contributed by atoms with Crippen molar-refractivity contribution in [2.45, 2.75) is 59.4 Å². The first-order valence-electron chi connectivity index (χ1n) is 17.2. The van der Waals surface area contributed by atoms with Crippen molar-refractivity contribution in [3.05, 3.63) is 59.0 Å². The summed E-state index contributed by atoms with van der Waals surface area (Å²) in [6, 6.07) is 7.18. The van der Waals surface area contributed by atoms with Crippen LogP contribution in [0.5, 0.6) is 23.0 Å². The number of likely N-dealkylation sites (N-methyl/N-ethyl adjacent to an activating group) is 1. The molecule has 11 heteroatoms. The van der Waals surface area contributed by atoms with Gasteiger partial charge >= 0.3 is 0 Å². The van der Waals surface area contributed by atoms with Gasteiger partial charge in [0.15, 0.2) is 23.0 Å². The van der Waals surface area contributed by atoms with E-state index in [0.29, 0.717) is 84.1 Å². The van der Waals surface area contributed by atoms with Crippen molar-refractivity contribution in [3.63, 3.8) is 0 Å². The van der Waals surface area contributed by atoms with Gasteiger partial charge in [-0.1, -0.05) is 46.4 Å². The third kappa shape index (κ3) is 8.42. The molecule has 3 aliphatic rings. The Balaban J connectivity index is 1.18. The Morgan fingerprint density at radius 1 is 0.900 bits per heavy atom. The van der Waals surface area contributed by atoms with Crippen LogP contribution in [0.15, 0.2) is 52.9 Å². The molecule has 50 heavy (non-hydrogen) atoms. The van der Waals surface area contributed by atoms with Crippen LogP contribution in [-0.2, 0) is 0 Å². The number of rotatable bonds is 14. The number of hydrogen-bond acceptors (Lipinski definition) is 9. The van der Waals surface area contributed by atoms with E-state index < -0.39 is 0 Å². The summed E-state index contributed by atoms with van der Waals surface area (Å²) in [6.07, 6.45) is 5.28. The van der Waals surface area contributed by atoms with E-state index in [1.165, 1.54) is 0 Å². The number of anilines is 1. The number of amides is 2. The van der Waals surface area contributed by atoms with Gasteiger partial charge in [0.25, 0.3) is 11.8 Å². The predicted molar refractivity (Wildman–Crippen MR) is 202 cm³/mol. The maximum Gasteiger partial charge on any atom is 0.257 e. The van der Waals surface area contributed by atoms with E-state index in [0.717, 1.165) is 36.9 Å². The van der Waals surface area contributed by atoms with Crippen molar-refractivity contribution >= 4 is 42.0 Å². The van der Waals surface area contributed by atoms with Crippen LogP contribution in [0.1, 0.15) is 74.1 Å². The van der Waals surface area contributed by atoms with Crippen LogP contribution in [0.3, 0.4) is 0 Å². The van der Waals surface area contributed by atoms with Gasteiger partial charge in [-0.25, -0.2) is 0 Å². The highest BCUT2D eigenvalue weighted by molar-refractivity contribution is 7.84. The molecular formula is C39H52N4O6S. The molecule has 0 radical (unpaired) electrons. The van der Waals surface area contributed by atoms with Gasteiger partial charge in [0.1, 0.15) is 0 Å². The molecule has 1 saturated heterocycles. The average Bonchev–Trinajstić information content (AvgIpc) is 3.35. The minimum Gasteiger partial charge on any atom is -0.493 e. The Kier molecular flexibility index (Phi) is 11.1. The number of methoxy groups -OCH3 is 2. The summed E-state index contributed by atoms with van der Waals surface area (Å²) in [4.78, 5) is 37.7. The first kappa shape index (κ1) is 37.1. The number of hydrogen-bond donors (Lipinski definition) is 1. The van der Waals surface area contributed by atoms with Crippen LogP contribution >= 0.6 is 12.6 Å². The van der Waals surface area contributed by atoms with Gasteiger partial charge in [-0.3, -0.25) is 14.6 Å². The fourth-order valence-electron chi connectivity index (χ4n) is 6.53. The number of aliphatic imine (C=N–C) groups is 1. The molecule has 1 fully saturated rings. The lowest BCUT2D eigenvalue weighted by molar-refractivity contribution is 0.0772. The highest BCUT2D eigenvalue weighted by Gasteiger charge is 2.35. The second kappa shape index (κ2) is 15.0. The Morgan fingerprint density at radius 3 is 2.24 bits per heavy atom. The van der Waals surface area contributed by atoms with Crippen molar-refractivity contribution in [2.75, 3.05) is 65.6 Å². The zero-order valence-corrected chi connectivity index (χ0v) is 31.5. The van der Waals surface area contributed by atoms with Gasteiger partial charge in [0.2, 0.25) is 0 Å². The molecule has 5 rings (SSSR count). The topological polar surface area (TPSA) is 93.1 Å². The summed E-state index contributed by atoms with van der Waals surface area (Å²) in [5.74, 6) is 2.10. The van der Waals surface area contributed by atoms with Crippen molar-refractivity contribution in [1.82, 2.24) is 9.80 Å². The normalized spacial score (nSPS) is 17.6. The largest absolute Gasteiger partial charge is 0.493 e. The molecule has 0 N–H and O–H groups in total. The highest BCUT2D eigenvalue weighted by Crippen LogP contribution is 2.41. The van der Waals surface area contributed by atoms with Crippen LogP contribution in [-0.4, -0.2) is 94.5 Å². The number of carbonyl (C=O) groups excluding carboxylic acids is 2. The van der Waals surface area contributed by atoms with Crippen LogP contribution in [0.4, 0.5) is 11.4 Å². The fourth-order valence-corrected chi connectivity index (χ4v) is 6.70. The molecule has 0 saturated carbocycles. The molecule has 0 bridgehead atoms. The molecule has 3 heterocycles. The van der Waals surface area contributed by atoms with Crippen molar-refractivity contribution in [3.8, 4) is 23.0 Å². The molecule has 270 valence electrons. The SMILES string of the molecule is C=C(S)CN1CCN(C)c2cc(OCCC(C)(C)CCC(C)(C)COc3cc4c(cc3OC)C(=O)N3CC(=C)CC3C=N4)c(OC)cc2C1=O. The summed E-state index contributed by atoms with van der Waals surface area (Å²) in [5.41, 5.74) is 3.38. The van der Waals surface area contributed by atoms with Crippen LogP contribution in [0, 0.1) is 10.8 Å². The Morgan fingerprint density at radius 2 is 1.56 bits per heavy atom. The molecule has 1 unspecified atom stereocenters. The van der Waals surface area contributed by atoms with E-state index in [4.69, 9.17) is 18.9 Å². The second-order valence-electron chi connectivity index (χ2n) is 15.2. The van der Waals surface area contributed by atoms with Crippen molar-refractivity contribution in [1.29, 1.82) is 0 Å². The first-order valence-corrected chi connectivity index (χ1v) is 17.6. The zero-order valence-electron chi connectivity index (χ0n) is 30.6. The van der Waals surface area contributed by atoms with Crippen LogP contribution in [0.25, 0.3) is 0 Å². The molecule has 2 amide bonds. The summed E-state index contributed by atoms with van der Waals surface area (Å²) in [5, 5.41) is 0. The second-order valence-corrected chi connectivity index (χ2v) is 15.8. The van der Waals surface area contributed by atoms with E-state index in [-0.39, 0.29) is 28.7 Å². The van der Waals surface area contributed by atoms with E-state index >= 15 is 0 Å². The van der Waals surface area contributed by atoms with Gasteiger partial charge in [-0.15, -0.1) is 12.6 Å². The van der Waals surface area contributed by atoms with Gasteiger partial charge < -0.3 is 33.6 Å². The number of fused-ring (bicyclic) bond motifs is 3. The standard InChI is InChI=1S/C39H52N4O6S/c1-25-16-27-21-40-30-19-34(32(46-8)17-28(30)37(45)43(27)22-25)49-24-39(5,6)11-10-38(3,4)12-15-48-35-20-31-29(18-33(35)47-9)36(44)42(23-26(2)50)14-13-41(31)7/h17-21,27,50H,1-2,10-16,22-24H2,3-9H3. The van der Waals surface area contributed by atoms with Crippen molar-refractivity contribution in [2.24, 2.45) is 15.8 Å². The molecule has 10 nitrogen and oxygen atoms in total. The number of thiol groups is 1. The Labute approximate surface area is 302 Å². The smallest absolute Gasteiger partial charge is 0.257 e. The van der Waals surface area contributed by atoms with Gasteiger partial charge in [0, 0.05) is 45.0 Å². The Hall–Kier alpha value is -4.12. The molecule has 2 aromatic carbocycles. The van der Waals surface area contributed by atoms with Crippen LogP contribution in [0.2, 0.25) is 0 Å². The minimum atomic E-state index is -0.136. The van der Waals surface area contributed by atoms with Gasteiger partial charge in [-0.2, -0.15) is 0 Å². The lowest BCUT2D eigenvalue weighted by Crippen LogP contribution is -2.35. The molecule has 3 aliphatic heterocycles. The quantitative estimate of drug-likeness (QED) is 0.164. The van der Waals surface area contributed by atoms with E-state index in [1.54, 1.807) is 31.3 Å². The summed E-state index contributed by atoms with van der Waals surface area (Å²) >= 11 is 4.31. The monoisotopic (exact) mass is 704 g/mol. The van der Waals surface area contributed by atoms with Crippen LogP contribution < -0.4 is 23.8 Å². The molecule has 1 atom stereocenters. The molecular weight excluding hydrogens is 653 g/mol. The highest BCUT2D eigenvalue weighted by atomic mass is 32.1. The third-order valence-corrected chi connectivity index (χ3v) is 10.0. The summed E-state index contributed by atoms with van der Waals surface area (Å²) in [6.45, 7) is 20.0. The lowest BCUT2D eigenvalue weighted by Gasteiger charge is -2.31. The lowest BCUT2D eigenvalue weighted by atomic mass is 9.78. The molecule has 0 spiro atoms. The third-order valence-electron chi connectivity index (χ3n) is 9.87. The first-order chi connectivity index (χ1) is 23.6. The van der Waals surface area contributed by atoms with Crippen molar-refractivity contribution < 1.29 is 28.5 Å². The van der Waals surface area contributed by atoms with Gasteiger partial charge in [-0.05, 0) is 53.6 Å². The number of benzene rings is 2. The molecule has 0 aliphatic carbocycles. The van der Waals surface area contributed by atoms with Gasteiger partial charge in [0.05, 0.1) is 62.5 Å².